The van der Waals surface area contributed by atoms with Crippen LogP contribution < -0.4 is 5.73 Å². The van der Waals surface area contributed by atoms with Gasteiger partial charge < -0.3 is 5.73 Å². The molecule has 0 saturated carbocycles. The highest BCUT2D eigenvalue weighted by atomic mass is 14.8. The number of terminal acetylenes is 1. The van der Waals surface area contributed by atoms with Gasteiger partial charge in [0.2, 0.25) is 0 Å². The number of rotatable bonds is 2. The highest BCUT2D eigenvalue weighted by molar-refractivity contribution is 5.32. The van der Waals surface area contributed by atoms with Crippen LogP contribution in [0.1, 0.15) is 30.6 Å². The molecule has 1 heterocycles. The molecule has 0 aromatic carbocycles. The van der Waals surface area contributed by atoms with Crippen LogP contribution >= 0.6 is 0 Å². The first-order valence-corrected chi connectivity index (χ1v) is 3.96. The highest BCUT2D eigenvalue weighted by Gasteiger charge is 2.03. The normalized spacial score (nSPS) is 12.1. The maximum Gasteiger partial charge on any atom is 0.0583 e. The summed E-state index contributed by atoms with van der Waals surface area (Å²) in [5, 5.41) is 0. The largest absolute Gasteiger partial charge is 0.323 e. The van der Waals surface area contributed by atoms with E-state index in [9.17, 15) is 0 Å². The summed E-state index contributed by atoms with van der Waals surface area (Å²) in [4.78, 5) is 4.14. The zero-order valence-electron chi connectivity index (χ0n) is 7.12. The van der Waals surface area contributed by atoms with Gasteiger partial charge in [-0.3, -0.25) is 4.98 Å². The van der Waals surface area contributed by atoms with Crippen molar-refractivity contribution in [2.45, 2.75) is 19.4 Å². The van der Waals surface area contributed by atoms with Gasteiger partial charge in [-0.1, -0.05) is 12.8 Å². The lowest BCUT2D eigenvalue weighted by atomic mass is 10.1. The Hall–Kier alpha value is -1.33. The Morgan fingerprint density at radius 1 is 1.75 bits per heavy atom. The standard InChI is InChI=1S/C10H12N2/c1-3-8-5-6-12-10(7-8)9(11)4-2/h1,5-7,9H,4,11H2,2H3/t9-/m1/s1. The van der Waals surface area contributed by atoms with E-state index in [1.807, 2.05) is 13.0 Å². The second kappa shape index (κ2) is 3.89. The third-order valence-electron chi connectivity index (χ3n) is 1.77. The molecular formula is C10H12N2. The molecule has 2 N–H and O–H groups in total. The van der Waals surface area contributed by atoms with Crippen LogP contribution in [0.3, 0.4) is 0 Å². The molecule has 12 heavy (non-hydrogen) atoms. The second-order valence-electron chi connectivity index (χ2n) is 2.63. The number of nitrogens with two attached hydrogens (primary N) is 1. The van der Waals surface area contributed by atoms with E-state index in [0.717, 1.165) is 17.7 Å². The molecule has 0 saturated heterocycles. The Morgan fingerprint density at radius 2 is 2.50 bits per heavy atom. The van der Waals surface area contributed by atoms with E-state index in [2.05, 4.69) is 10.9 Å². The third-order valence-corrected chi connectivity index (χ3v) is 1.77. The van der Waals surface area contributed by atoms with Crippen LogP contribution in [0, 0.1) is 12.3 Å². The summed E-state index contributed by atoms with van der Waals surface area (Å²) < 4.78 is 0. The molecule has 2 heteroatoms. The van der Waals surface area contributed by atoms with Crippen LogP contribution in [0.2, 0.25) is 0 Å². The van der Waals surface area contributed by atoms with Gasteiger partial charge >= 0.3 is 0 Å². The maximum absolute atomic E-state index is 5.79. The van der Waals surface area contributed by atoms with Crippen LogP contribution in [-0.2, 0) is 0 Å². The molecule has 0 amide bonds. The number of hydrogen-bond acceptors (Lipinski definition) is 2. The summed E-state index contributed by atoms with van der Waals surface area (Å²) in [6.45, 7) is 2.02. The summed E-state index contributed by atoms with van der Waals surface area (Å²) in [6.07, 6.45) is 7.81. The molecule has 0 aliphatic carbocycles. The van der Waals surface area contributed by atoms with Crippen LogP contribution in [0.5, 0.6) is 0 Å². The average Bonchev–Trinajstić information content (AvgIpc) is 2.17. The summed E-state index contributed by atoms with van der Waals surface area (Å²) >= 11 is 0. The highest BCUT2D eigenvalue weighted by Crippen LogP contribution is 2.11. The maximum atomic E-state index is 5.79. The molecule has 0 bridgehead atoms. The van der Waals surface area contributed by atoms with Gasteiger partial charge in [0.25, 0.3) is 0 Å². The van der Waals surface area contributed by atoms with E-state index in [-0.39, 0.29) is 6.04 Å². The molecule has 1 rings (SSSR count). The van der Waals surface area contributed by atoms with E-state index in [1.54, 1.807) is 12.3 Å². The predicted molar refractivity (Wildman–Crippen MR) is 49.4 cm³/mol. The molecule has 1 atom stereocenters. The van der Waals surface area contributed by atoms with Crippen LogP contribution in [0.15, 0.2) is 18.3 Å². The number of hydrogen-bond donors (Lipinski definition) is 1. The molecular weight excluding hydrogens is 148 g/mol. The minimum atomic E-state index is -0.00157. The van der Waals surface area contributed by atoms with Gasteiger partial charge in [-0.25, -0.2) is 0 Å². The Balaban J connectivity index is 2.95. The van der Waals surface area contributed by atoms with Crippen molar-refractivity contribution in [2.24, 2.45) is 5.73 Å². The Labute approximate surface area is 72.8 Å². The van der Waals surface area contributed by atoms with Crippen molar-refractivity contribution in [2.75, 3.05) is 0 Å². The lowest BCUT2D eigenvalue weighted by Crippen LogP contribution is -2.10. The van der Waals surface area contributed by atoms with Gasteiger partial charge in [-0.2, -0.15) is 0 Å². The van der Waals surface area contributed by atoms with Crippen LogP contribution in [0.25, 0.3) is 0 Å². The molecule has 0 spiro atoms. The minimum absolute atomic E-state index is 0.00157. The lowest BCUT2D eigenvalue weighted by molar-refractivity contribution is 0.675. The fourth-order valence-electron chi connectivity index (χ4n) is 0.950. The summed E-state index contributed by atoms with van der Waals surface area (Å²) in [7, 11) is 0. The first kappa shape index (κ1) is 8.76. The summed E-state index contributed by atoms with van der Waals surface area (Å²) in [5.41, 5.74) is 7.49. The molecule has 1 aromatic heterocycles. The van der Waals surface area contributed by atoms with Crippen molar-refractivity contribution < 1.29 is 0 Å². The summed E-state index contributed by atoms with van der Waals surface area (Å²) in [6, 6.07) is 3.65. The van der Waals surface area contributed by atoms with Gasteiger partial charge in [0.1, 0.15) is 0 Å². The molecule has 0 radical (unpaired) electrons. The van der Waals surface area contributed by atoms with Gasteiger partial charge in [-0.05, 0) is 18.6 Å². The SMILES string of the molecule is C#Cc1ccnc([C@H](N)CC)c1. The third kappa shape index (κ3) is 1.84. The smallest absolute Gasteiger partial charge is 0.0583 e. The van der Waals surface area contributed by atoms with Crippen LogP contribution in [-0.4, -0.2) is 4.98 Å². The molecule has 62 valence electrons. The number of nitrogens with zero attached hydrogens (tertiary/aromatic N) is 1. The zero-order valence-corrected chi connectivity index (χ0v) is 7.12. The van der Waals surface area contributed by atoms with E-state index < -0.39 is 0 Å². The number of aromatic nitrogens is 1. The zero-order chi connectivity index (χ0) is 8.97. The predicted octanol–water partition coefficient (Wildman–Crippen LogP) is 1.47. The minimum Gasteiger partial charge on any atom is -0.323 e. The fourth-order valence-corrected chi connectivity index (χ4v) is 0.950. The number of pyridine rings is 1. The van der Waals surface area contributed by atoms with E-state index in [4.69, 9.17) is 12.2 Å². The quantitative estimate of drug-likeness (QED) is 0.665. The van der Waals surface area contributed by atoms with E-state index in [0.29, 0.717) is 0 Å². The fraction of sp³-hybridized carbons (Fsp3) is 0.300. The average molecular weight is 160 g/mol. The van der Waals surface area contributed by atoms with E-state index >= 15 is 0 Å². The van der Waals surface area contributed by atoms with Crippen molar-refractivity contribution in [1.82, 2.24) is 4.98 Å². The van der Waals surface area contributed by atoms with Crippen molar-refractivity contribution in [3.8, 4) is 12.3 Å². The van der Waals surface area contributed by atoms with Crippen LogP contribution in [0.4, 0.5) is 0 Å². The van der Waals surface area contributed by atoms with Crippen molar-refractivity contribution >= 4 is 0 Å². The molecule has 0 aliphatic heterocycles. The first-order chi connectivity index (χ1) is 5.77. The molecule has 0 fully saturated rings. The first-order valence-electron chi connectivity index (χ1n) is 3.96. The Kier molecular flexibility index (Phi) is 2.84. The van der Waals surface area contributed by atoms with Gasteiger partial charge in [0, 0.05) is 17.8 Å². The van der Waals surface area contributed by atoms with Gasteiger partial charge in [0.15, 0.2) is 0 Å². The molecule has 0 aliphatic rings. The summed E-state index contributed by atoms with van der Waals surface area (Å²) in [5.74, 6) is 2.55. The van der Waals surface area contributed by atoms with Crippen molar-refractivity contribution in [1.29, 1.82) is 0 Å². The molecule has 0 unspecified atom stereocenters. The second-order valence-corrected chi connectivity index (χ2v) is 2.63. The molecule has 1 aromatic rings. The van der Waals surface area contributed by atoms with Crippen molar-refractivity contribution in [3.05, 3.63) is 29.6 Å². The van der Waals surface area contributed by atoms with E-state index in [1.165, 1.54) is 0 Å². The van der Waals surface area contributed by atoms with Gasteiger partial charge in [0.05, 0.1) is 5.69 Å². The Morgan fingerprint density at radius 3 is 3.08 bits per heavy atom. The van der Waals surface area contributed by atoms with Gasteiger partial charge in [-0.15, -0.1) is 6.42 Å². The Bertz CT molecular complexity index is 299. The monoisotopic (exact) mass is 160 g/mol. The topological polar surface area (TPSA) is 38.9 Å². The molecule has 2 nitrogen and oxygen atoms in total. The lowest BCUT2D eigenvalue weighted by Gasteiger charge is -2.07. The van der Waals surface area contributed by atoms with Crippen molar-refractivity contribution in [3.63, 3.8) is 0 Å².